The minimum absolute atomic E-state index is 0. The molecule has 0 unspecified atom stereocenters. The first-order valence-electron chi connectivity index (χ1n) is 9.02. The number of anilines is 1. The second-order valence-electron chi connectivity index (χ2n) is 7.46. The van der Waals surface area contributed by atoms with E-state index in [0.29, 0.717) is 18.2 Å². The Bertz CT molecular complexity index is 1780. The van der Waals surface area contributed by atoms with Crippen molar-refractivity contribution in [1.29, 1.82) is 0 Å². The normalized spacial score (nSPS) is 16.4. The molecule has 0 atom stereocenters. The molecule has 0 fully saturated rings. The molecule has 0 spiro atoms. The number of hydrogen-bond donors (Lipinski definition) is 3. The quantitative estimate of drug-likeness (QED) is 0.149. The molecule has 4 rings (SSSR count). The van der Waals surface area contributed by atoms with Crippen molar-refractivity contribution in [3.63, 3.8) is 0 Å². The van der Waals surface area contributed by atoms with E-state index < -0.39 is 112 Å². The minimum atomic E-state index is -5.44. The maximum Gasteiger partial charge on any atom is 1.00 e. The van der Waals surface area contributed by atoms with Gasteiger partial charge < -0.3 is 14.4 Å². The summed E-state index contributed by atoms with van der Waals surface area (Å²) in [5.74, 6) is -2.42. The van der Waals surface area contributed by atoms with Gasteiger partial charge in [0.25, 0.3) is 20.2 Å². The van der Waals surface area contributed by atoms with Crippen LogP contribution < -0.4 is 211 Å². The maximum absolute atomic E-state index is 13.0. The molecule has 0 saturated heterocycles. The topological polar surface area (TPSA) is 269 Å². The zero-order valence-corrected chi connectivity index (χ0v) is 36.7. The van der Waals surface area contributed by atoms with E-state index in [4.69, 9.17) is 0 Å². The van der Waals surface area contributed by atoms with Gasteiger partial charge in [-0.15, -0.1) is 0 Å². The summed E-state index contributed by atoms with van der Waals surface area (Å²) < 4.78 is 135. The fourth-order valence-corrected chi connectivity index (χ4v) is 6.43. The Morgan fingerprint density at radius 1 is 0.650 bits per heavy atom. The summed E-state index contributed by atoms with van der Waals surface area (Å²) in [5.41, 5.74) is -3.95. The molecular formula is C17H9K4NO14S4+2. The molecule has 3 N–H and O–H groups in total. The van der Waals surface area contributed by atoms with Gasteiger partial charge in [0.1, 0.15) is 25.1 Å². The first kappa shape index (κ1) is 43.5. The number of benzene rings is 2. The van der Waals surface area contributed by atoms with Crippen molar-refractivity contribution >= 4 is 57.7 Å². The van der Waals surface area contributed by atoms with Crippen LogP contribution in [0.5, 0.6) is 0 Å². The molecule has 0 bridgehead atoms. The molecule has 2 aromatic carbocycles. The average Bonchev–Trinajstić information content (AvgIpc) is 3.21. The van der Waals surface area contributed by atoms with Gasteiger partial charge in [-0.25, -0.2) is 16.8 Å². The van der Waals surface area contributed by atoms with Crippen LogP contribution in [0.2, 0.25) is 0 Å². The summed E-state index contributed by atoms with van der Waals surface area (Å²) in [4.78, 5) is 21.3. The zero-order valence-electron chi connectivity index (χ0n) is 20.9. The Balaban J connectivity index is 0.00000380. The van der Waals surface area contributed by atoms with Gasteiger partial charge in [0.15, 0.2) is 5.78 Å². The monoisotopic (exact) mass is 735 g/mol. The zero-order chi connectivity index (χ0) is 27.2. The third kappa shape index (κ3) is 8.89. The van der Waals surface area contributed by atoms with Gasteiger partial charge in [0.05, 0.1) is 31.6 Å². The molecule has 23 heteroatoms. The predicted molar refractivity (Wildman–Crippen MR) is 111 cm³/mol. The summed E-state index contributed by atoms with van der Waals surface area (Å²) in [6.07, 6.45) is -0.765. The largest absolute Gasteiger partial charge is 1.00 e. The molecule has 2 aliphatic rings. The SMILES string of the molecule is O=C1/C(=C2\Nc3c(cc(S(=O)(=O)O)cc3S(=O)(=O)O)C2=O)Cc2c1cc(S(=O)(=O)[O-])cc2S(=O)(=O)[O-].[K+].[K+].[K+].[K+]. The molecular weight excluding hydrogens is 727 g/mol. The van der Waals surface area contributed by atoms with E-state index in [-0.39, 0.29) is 212 Å². The Morgan fingerprint density at radius 3 is 1.60 bits per heavy atom. The van der Waals surface area contributed by atoms with Crippen LogP contribution in [0.1, 0.15) is 26.3 Å². The van der Waals surface area contributed by atoms with E-state index in [2.05, 4.69) is 5.32 Å². The van der Waals surface area contributed by atoms with Crippen LogP contribution in [0, 0.1) is 0 Å². The van der Waals surface area contributed by atoms with Gasteiger partial charge in [-0.3, -0.25) is 18.7 Å². The van der Waals surface area contributed by atoms with Crippen LogP contribution in [0.15, 0.2) is 55.1 Å². The smallest absolute Gasteiger partial charge is 0.744 e. The van der Waals surface area contributed by atoms with Crippen LogP contribution in [0.4, 0.5) is 5.69 Å². The number of rotatable bonds is 4. The third-order valence-electron chi connectivity index (χ3n) is 5.29. The molecule has 0 saturated carbocycles. The molecule has 1 aliphatic heterocycles. The van der Waals surface area contributed by atoms with Crippen molar-refractivity contribution in [3.8, 4) is 0 Å². The van der Waals surface area contributed by atoms with Crippen molar-refractivity contribution in [2.75, 3.05) is 5.32 Å². The third-order valence-corrected chi connectivity index (χ3v) is 8.71. The van der Waals surface area contributed by atoms with Crippen molar-refractivity contribution < 1.29 is 267 Å². The fraction of sp³-hybridized carbons (Fsp3) is 0.0588. The maximum atomic E-state index is 13.0. The molecule has 0 aromatic heterocycles. The van der Waals surface area contributed by atoms with E-state index in [9.17, 15) is 61.5 Å². The first-order valence-corrected chi connectivity index (χ1v) is 14.7. The molecule has 40 heavy (non-hydrogen) atoms. The number of carbonyl (C=O) groups is 2. The van der Waals surface area contributed by atoms with Gasteiger partial charge in [-0.1, -0.05) is 0 Å². The summed E-state index contributed by atoms with van der Waals surface area (Å²) in [5, 5.41) is 2.23. The van der Waals surface area contributed by atoms with Crippen molar-refractivity contribution in [1.82, 2.24) is 0 Å². The molecule has 2 aromatic rings. The number of Topliss-reactive ketones (excluding diaryl/α,β-unsaturated/α-hetero) is 2. The second-order valence-corrected chi connectivity index (χ2v) is 13.0. The Kier molecular flexibility index (Phi) is 16.5. The first-order chi connectivity index (χ1) is 16.2. The van der Waals surface area contributed by atoms with E-state index in [1.807, 2.05) is 0 Å². The molecule has 192 valence electrons. The molecule has 1 heterocycles. The number of allylic oxidation sites excluding steroid dienone is 2. The fourth-order valence-electron chi connectivity index (χ4n) is 3.77. The van der Waals surface area contributed by atoms with Crippen LogP contribution in [0.3, 0.4) is 0 Å². The van der Waals surface area contributed by atoms with Gasteiger partial charge in [-0.2, -0.15) is 16.8 Å². The number of nitrogens with one attached hydrogen (secondary N) is 1. The molecule has 1 aliphatic carbocycles. The number of ketones is 2. The van der Waals surface area contributed by atoms with E-state index in [0.717, 1.165) is 0 Å². The van der Waals surface area contributed by atoms with E-state index >= 15 is 0 Å². The van der Waals surface area contributed by atoms with Crippen molar-refractivity contribution in [2.45, 2.75) is 26.0 Å². The van der Waals surface area contributed by atoms with Crippen LogP contribution in [0.25, 0.3) is 0 Å². The van der Waals surface area contributed by atoms with E-state index in [1.54, 1.807) is 0 Å². The minimum Gasteiger partial charge on any atom is -0.744 e. The molecule has 0 radical (unpaired) electrons. The van der Waals surface area contributed by atoms with E-state index in [1.165, 1.54) is 0 Å². The summed E-state index contributed by atoms with van der Waals surface area (Å²) >= 11 is 0. The van der Waals surface area contributed by atoms with Crippen molar-refractivity contribution in [2.24, 2.45) is 0 Å². The van der Waals surface area contributed by atoms with Gasteiger partial charge in [0.2, 0.25) is 5.78 Å². The van der Waals surface area contributed by atoms with Gasteiger partial charge in [0, 0.05) is 17.6 Å². The number of carbonyl (C=O) groups excluding carboxylic acids is 2. The Hall–Kier alpha value is 3.51. The summed E-state index contributed by atoms with van der Waals surface area (Å²) in [7, 11) is -21.1. The summed E-state index contributed by atoms with van der Waals surface area (Å²) in [6, 6.07) is 1.65. The second kappa shape index (κ2) is 15.2. The van der Waals surface area contributed by atoms with Crippen LogP contribution in [-0.4, -0.2) is 63.4 Å². The summed E-state index contributed by atoms with van der Waals surface area (Å²) in [6.45, 7) is 0. The number of hydrogen-bond acceptors (Lipinski definition) is 13. The number of fused-ring (bicyclic) bond motifs is 2. The molecule has 15 nitrogen and oxygen atoms in total. The van der Waals surface area contributed by atoms with Gasteiger partial charge in [-0.05, 0) is 29.8 Å². The Labute approximate surface area is 398 Å². The van der Waals surface area contributed by atoms with Gasteiger partial charge >= 0.3 is 206 Å². The van der Waals surface area contributed by atoms with Crippen LogP contribution >= 0.6 is 0 Å². The predicted octanol–water partition coefficient (Wildman–Crippen LogP) is -12.7. The van der Waals surface area contributed by atoms with Crippen LogP contribution in [-0.2, 0) is 46.9 Å². The Morgan fingerprint density at radius 2 is 1.15 bits per heavy atom. The average molecular weight is 736 g/mol. The van der Waals surface area contributed by atoms with Crippen molar-refractivity contribution in [3.05, 3.63) is 52.2 Å². The standard InChI is InChI=1S/C17H11NO14S4.4K/c19-16-9-1-6(33(21,22)23)3-12(35(27,28)29)8(9)5-11(16)15-17(20)10-2-7(34(24,25)26)4-13(14(10)18-15)36(30,31)32;;;;/h1-4,18H,5H2,(H,21,22,23)(H,24,25,26)(H,27,28,29)(H,30,31,32);;;;/q;4*+1/p-2/b15-11-;;;;. The molecule has 0 amide bonds.